The summed E-state index contributed by atoms with van der Waals surface area (Å²) >= 11 is 0. The number of rotatable bonds is 9. The van der Waals surface area contributed by atoms with Crippen molar-refractivity contribution in [3.8, 4) is 17.2 Å². The van der Waals surface area contributed by atoms with Crippen LogP contribution in [0.3, 0.4) is 0 Å². The van der Waals surface area contributed by atoms with Gasteiger partial charge in [0, 0.05) is 5.56 Å². The van der Waals surface area contributed by atoms with Gasteiger partial charge in [-0.2, -0.15) is 0 Å². The fourth-order valence-electron chi connectivity index (χ4n) is 2.45. The number of benzene rings is 2. The Morgan fingerprint density at radius 3 is 2.07 bits per heavy atom. The molecule has 0 aromatic heterocycles. The largest absolute Gasteiger partial charge is 0.497 e. The second-order valence-electron chi connectivity index (χ2n) is 5.67. The maximum absolute atomic E-state index is 12.5. The maximum atomic E-state index is 12.5. The standard InChI is InChI=1S/C21H24O6/c1-5-25-18-12-9-16(13-19(18)26-6-2)21(23)27-14(3)20(22)15-7-10-17(24-4)11-8-15/h7-14H,5-6H2,1-4H3. The Kier molecular flexibility index (Phi) is 7.23. The fourth-order valence-corrected chi connectivity index (χ4v) is 2.45. The molecule has 1 unspecified atom stereocenters. The SMILES string of the molecule is CCOc1ccc(C(=O)OC(C)C(=O)c2ccc(OC)cc2)cc1OCC. The van der Waals surface area contributed by atoms with Crippen LogP contribution in [0.25, 0.3) is 0 Å². The van der Waals surface area contributed by atoms with Crippen molar-refractivity contribution in [2.24, 2.45) is 0 Å². The van der Waals surface area contributed by atoms with Crippen LogP contribution >= 0.6 is 0 Å². The third-order valence-corrected chi connectivity index (χ3v) is 3.81. The van der Waals surface area contributed by atoms with E-state index in [1.54, 1.807) is 56.5 Å². The molecule has 0 spiro atoms. The molecule has 0 fully saturated rings. The zero-order valence-corrected chi connectivity index (χ0v) is 16.0. The van der Waals surface area contributed by atoms with Gasteiger partial charge in [0.15, 0.2) is 17.6 Å². The van der Waals surface area contributed by atoms with Crippen LogP contribution in [0.4, 0.5) is 0 Å². The van der Waals surface area contributed by atoms with Crippen molar-refractivity contribution in [3.63, 3.8) is 0 Å². The molecule has 0 aliphatic carbocycles. The van der Waals surface area contributed by atoms with E-state index in [1.165, 1.54) is 0 Å². The van der Waals surface area contributed by atoms with E-state index in [1.807, 2.05) is 13.8 Å². The van der Waals surface area contributed by atoms with E-state index in [9.17, 15) is 9.59 Å². The second-order valence-corrected chi connectivity index (χ2v) is 5.67. The summed E-state index contributed by atoms with van der Waals surface area (Å²) in [5.74, 6) is 0.769. The van der Waals surface area contributed by atoms with Crippen molar-refractivity contribution < 1.29 is 28.5 Å². The molecule has 0 heterocycles. The first-order valence-corrected chi connectivity index (χ1v) is 8.79. The highest BCUT2D eigenvalue weighted by molar-refractivity contribution is 6.01. The third-order valence-electron chi connectivity index (χ3n) is 3.81. The van der Waals surface area contributed by atoms with E-state index in [0.717, 1.165) is 0 Å². The smallest absolute Gasteiger partial charge is 0.338 e. The molecule has 0 aliphatic heterocycles. The lowest BCUT2D eigenvalue weighted by atomic mass is 10.1. The van der Waals surface area contributed by atoms with E-state index in [-0.39, 0.29) is 11.3 Å². The molecule has 2 aromatic rings. The number of hydrogen-bond donors (Lipinski definition) is 0. The lowest BCUT2D eigenvalue weighted by Crippen LogP contribution is -2.24. The van der Waals surface area contributed by atoms with E-state index in [2.05, 4.69) is 0 Å². The van der Waals surface area contributed by atoms with Gasteiger partial charge >= 0.3 is 5.97 Å². The molecule has 2 rings (SSSR count). The van der Waals surface area contributed by atoms with E-state index < -0.39 is 12.1 Å². The van der Waals surface area contributed by atoms with Crippen molar-refractivity contribution in [2.75, 3.05) is 20.3 Å². The molecule has 27 heavy (non-hydrogen) atoms. The highest BCUT2D eigenvalue weighted by atomic mass is 16.5. The molecule has 144 valence electrons. The van der Waals surface area contributed by atoms with Gasteiger partial charge in [-0.25, -0.2) is 4.79 Å². The highest BCUT2D eigenvalue weighted by Crippen LogP contribution is 2.29. The minimum Gasteiger partial charge on any atom is -0.497 e. The summed E-state index contributed by atoms with van der Waals surface area (Å²) < 4.78 is 21.4. The number of esters is 1. The Labute approximate surface area is 159 Å². The molecular weight excluding hydrogens is 348 g/mol. The van der Waals surface area contributed by atoms with E-state index in [4.69, 9.17) is 18.9 Å². The molecule has 0 N–H and O–H groups in total. The summed E-state index contributed by atoms with van der Waals surface area (Å²) in [6.07, 6.45) is -0.923. The number of ketones is 1. The quantitative estimate of drug-likeness (QED) is 0.491. The molecular formula is C21H24O6. The van der Waals surface area contributed by atoms with Gasteiger partial charge in [0.25, 0.3) is 0 Å². The van der Waals surface area contributed by atoms with Gasteiger partial charge in [0.2, 0.25) is 5.78 Å². The zero-order chi connectivity index (χ0) is 19.8. The molecule has 2 aromatic carbocycles. The van der Waals surface area contributed by atoms with Crippen molar-refractivity contribution in [3.05, 3.63) is 53.6 Å². The maximum Gasteiger partial charge on any atom is 0.338 e. The van der Waals surface area contributed by atoms with Crippen molar-refractivity contribution in [1.82, 2.24) is 0 Å². The second kappa shape index (κ2) is 9.62. The fraction of sp³-hybridized carbons (Fsp3) is 0.333. The molecule has 0 radical (unpaired) electrons. The first kappa shape index (κ1) is 20.3. The topological polar surface area (TPSA) is 71.1 Å². The molecule has 0 saturated carbocycles. The molecule has 6 heteroatoms. The minimum absolute atomic E-state index is 0.288. The minimum atomic E-state index is -0.923. The third kappa shape index (κ3) is 5.23. The summed E-state index contributed by atoms with van der Waals surface area (Å²) in [5.41, 5.74) is 0.731. The first-order chi connectivity index (χ1) is 13.0. The molecule has 0 bridgehead atoms. The Morgan fingerprint density at radius 2 is 1.48 bits per heavy atom. The van der Waals surface area contributed by atoms with Crippen molar-refractivity contribution in [1.29, 1.82) is 0 Å². The number of carbonyl (C=O) groups excluding carboxylic acids is 2. The van der Waals surface area contributed by atoms with Crippen LogP contribution in [-0.4, -0.2) is 38.2 Å². The lowest BCUT2D eigenvalue weighted by molar-refractivity contribution is 0.0318. The summed E-state index contributed by atoms with van der Waals surface area (Å²) in [4.78, 5) is 24.9. The number of methoxy groups -OCH3 is 1. The van der Waals surface area contributed by atoms with Gasteiger partial charge in [-0.15, -0.1) is 0 Å². The first-order valence-electron chi connectivity index (χ1n) is 8.79. The normalized spacial score (nSPS) is 11.4. The molecule has 0 saturated heterocycles. The Morgan fingerprint density at radius 1 is 0.889 bits per heavy atom. The number of carbonyl (C=O) groups is 2. The van der Waals surface area contributed by atoms with Gasteiger partial charge < -0.3 is 18.9 Å². The van der Waals surface area contributed by atoms with Crippen LogP contribution in [0.15, 0.2) is 42.5 Å². The van der Waals surface area contributed by atoms with Crippen molar-refractivity contribution >= 4 is 11.8 Å². The lowest BCUT2D eigenvalue weighted by Gasteiger charge is -2.15. The summed E-state index contributed by atoms with van der Waals surface area (Å²) in [7, 11) is 1.55. The average Bonchev–Trinajstić information content (AvgIpc) is 2.69. The van der Waals surface area contributed by atoms with Gasteiger partial charge in [-0.1, -0.05) is 0 Å². The molecule has 0 aliphatic rings. The van der Waals surface area contributed by atoms with Crippen LogP contribution in [0.1, 0.15) is 41.5 Å². The summed E-state index contributed by atoms with van der Waals surface area (Å²) in [6, 6.07) is 11.4. The van der Waals surface area contributed by atoms with E-state index in [0.29, 0.717) is 36.0 Å². The monoisotopic (exact) mass is 372 g/mol. The number of ether oxygens (including phenoxy) is 4. The predicted molar refractivity (Wildman–Crippen MR) is 101 cm³/mol. The van der Waals surface area contributed by atoms with Crippen LogP contribution < -0.4 is 14.2 Å². The van der Waals surface area contributed by atoms with Crippen molar-refractivity contribution in [2.45, 2.75) is 26.9 Å². The zero-order valence-electron chi connectivity index (χ0n) is 16.0. The van der Waals surface area contributed by atoms with Gasteiger partial charge in [-0.3, -0.25) is 4.79 Å². The molecule has 1 atom stereocenters. The predicted octanol–water partition coefficient (Wildman–Crippen LogP) is 3.92. The molecule has 6 nitrogen and oxygen atoms in total. The van der Waals surface area contributed by atoms with Gasteiger partial charge in [0.05, 0.1) is 25.9 Å². The number of hydrogen-bond acceptors (Lipinski definition) is 6. The van der Waals surface area contributed by atoms with Crippen LogP contribution in [0, 0.1) is 0 Å². The van der Waals surface area contributed by atoms with Gasteiger partial charge in [-0.05, 0) is 63.2 Å². The Bertz CT molecular complexity index is 782. The van der Waals surface area contributed by atoms with E-state index >= 15 is 0 Å². The Hall–Kier alpha value is -3.02. The summed E-state index contributed by atoms with van der Waals surface area (Å²) in [5, 5.41) is 0. The highest BCUT2D eigenvalue weighted by Gasteiger charge is 2.21. The Balaban J connectivity index is 2.10. The average molecular weight is 372 g/mol. The summed E-state index contributed by atoms with van der Waals surface area (Å²) in [6.45, 7) is 6.17. The van der Waals surface area contributed by atoms with Gasteiger partial charge in [0.1, 0.15) is 5.75 Å². The number of Topliss-reactive ketones (excluding diaryl/α,β-unsaturated/α-hetero) is 1. The van der Waals surface area contributed by atoms with Crippen LogP contribution in [0.5, 0.6) is 17.2 Å². The van der Waals surface area contributed by atoms with Crippen LogP contribution in [0.2, 0.25) is 0 Å². The molecule has 0 amide bonds. The van der Waals surface area contributed by atoms with Crippen LogP contribution in [-0.2, 0) is 4.74 Å².